The molecule has 0 saturated heterocycles. The molecule has 0 saturated carbocycles. The van der Waals surface area contributed by atoms with E-state index in [4.69, 9.17) is 0 Å². The van der Waals surface area contributed by atoms with Crippen LogP contribution < -0.4 is 0 Å². The quantitative estimate of drug-likeness (QED) is 0.194. The summed E-state index contributed by atoms with van der Waals surface area (Å²) in [6, 6.07) is 57.6. The summed E-state index contributed by atoms with van der Waals surface area (Å²) in [5.41, 5.74) is 9.73. The van der Waals surface area contributed by atoms with Crippen LogP contribution in [0.4, 0.5) is 0 Å². The first-order valence-electron chi connectivity index (χ1n) is 15.4. The van der Waals surface area contributed by atoms with Gasteiger partial charge in [-0.2, -0.15) is 0 Å². The maximum absolute atomic E-state index is 2.52. The largest absolute Gasteiger partial charge is 0.307 e. The van der Waals surface area contributed by atoms with E-state index in [1.165, 1.54) is 80.6 Å². The standard InChI is InChI=1S/C42H26N2S/c1-2-13-27(14-3-1)43-36-21-8-4-15-28(36)32-25-26-33-29-16-5-9-22-37(29)44(41(33)40(32)43)38-23-10-6-17-30(38)34-19-12-20-35-31-18-7-11-24-39(31)45-42(34)35/h1-26H. The lowest BCUT2D eigenvalue weighted by atomic mass is 10.0. The first-order valence-corrected chi connectivity index (χ1v) is 16.2. The van der Waals surface area contributed by atoms with E-state index in [0.29, 0.717) is 0 Å². The maximum Gasteiger partial charge on any atom is 0.0789 e. The van der Waals surface area contributed by atoms with Crippen LogP contribution in [0.25, 0.3) is 86.3 Å². The SMILES string of the molecule is c1ccc(-n2c3ccccc3c3ccc4c5ccccc5n(-c5ccccc5-c5cccc6c5sc5ccccc56)c4c32)cc1. The highest BCUT2D eigenvalue weighted by Crippen LogP contribution is 2.45. The van der Waals surface area contributed by atoms with Gasteiger partial charge in [-0.3, -0.25) is 0 Å². The van der Waals surface area contributed by atoms with Crippen LogP contribution in [0.3, 0.4) is 0 Å². The fourth-order valence-corrected chi connectivity index (χ4v) is 8.68. The van der Waals surface area contributed by atoms with Crippen LogP contribution in [0.2, 0.25) is 0 Å². The van der Waals surface area contributed by atoms with Crippen LogP contribution in [0.1, 0.15) is 0 Å². The highest BCUT2D eigenvalue weighted by Gasteiger charge is 2.23. The molecular weight excluding hydrogens is 565 g/mol. The van der Waals surface area contributed by atoms with Gasteiger partial charge in [-0.1, -0.05) is 121 Å². The van der Waals surface area contributed by atoms with E-state index in [1.807, 2.05) is 11.3 Å². The number of hydrogen-bond donors (Lipinski definition) is 0. The summed E-state index contributed by atoms with van der Waals surface area (Å²) in [4.78, 5) is 0. The molecule has 0 atom stereocenters. The number of nitrogens with zero attached hydrogens (tertiary/aromatic N) is 2. The van der Waals surface area contributed by atoms with Crippen LogP contribution in [0.5, 0.6) is 0 Å². The minimum atomic E-state index is 1.16. The van der Waals surface area contributed by atoms with Gasteiger partial charge in [-0.05, 0) is 36.4 Å². The zero-order chi connectivity index (χ0) is 29.5. The van der Waals surface area contributed by atoms with Crippen molar-refractivity contribution in [1.29, 1.82) is 0 Å². The van der Waals surface area contributed by atoms with Crippen molar-refractivity contribution in [3.05, 3.63) is 158 Å². The third kappa shape index (κ3) is 3.44. The molecule has 3 heterocycles. The second-order valence-corrected chi connectivity index (χ2v) is 12.7. The van der Waals surface area contributed by atoms with Crippen molar-refractivity contribution in [1.82, 2.24) is 9.13 Å². The summed E-state index contributed by atoms with van der Waals surface area (Å²) >= 11 is 1.89. The van der Waals surface area contributed by atoms with Crippen LogP contribution >= 0.6 is 11.3 Å². The fourth-order valence-electron chi connectivity index (χ4n) is 7.45. The topological polar surface area (TPSA) is 9.86 Å². The Morgan fingerprint density at radius 1 is 0.356 bits per heavy atom. The van der Waals surface area contributed by atoms with Crippen molar-refractivity contribution in [2.75, 3.05) is 0 Å². The number of benzene rings is 7. The number of hydrogen-bond acceptors (Lipinski definition) is 1. The summed E-state index contributed by atoms with van der Waals surface area (Å²) in [6.45, 7) is 0. The van der Waals surface area contributed by atoms with Crippen molar-refractivity contribution in [2.24, 2.45) is 0 Å². The lowest BCUT2D eigenvalue weighted by Gasteiger charge is -2.16. The Kier molecular flexibility index (Phi) is 5.19. The molecule has 210 valence electrons. The Labute approximate surface area is 263 Å². The van der Waals surface area contributed by atoms with Gasteiger partial charge < -0.3 is 9.13 Å². The van der Waals surface area contributed by atoms with Crippen molar-refractivity contribution < 1.29 is 0 Å². The zero-order valence-corrected chi connectivity index (χ0v) is 25.1. The molecular formula is C42H26N2S. The van der Waals surface area contributed by atoms with Crippen molar-refractivity contribution >= 4 is 75.1 Å². The summed E-state index contributed by atoms with van der Waals surface area (Å²) in [7, 11) is 0. The summed E-state index contributed by atoms with van der Waals surface area (Å²) in [5, 5.41) is 7.68. The summed E-state index contributed by atoms with van der Waals surface area (Å²) in [5.74, 6) is 0. The van der Waals surface area contributed by atoms with Gasteiger partial charge in [0, 0.05) is 58.5 Å². The van der Waals surface area contributed by atoms with Gasteiger partial charge >= 0.3 is 0 Å². The predicted molar refractivity (Wildman–Crippen MR) is 193 cm³/mol. The predicted octanol–water partition coefficient (Wildman–Crippen LogP) is 11.9. The Morgan fingerprint density at radius 3 is 1.69 bits per heavy atom. The number of para-hydroxylation sites is 4. The molecule has 0 N–H and O–H groups in total. The van der Waals surface area contributed by atoms with Crippen LogP contribution in [0.15, 0.2) is 158 Å². The summed E-state index contributed by atoms with van der Waals surface area (Å²) in [6.07, 6.45) is 0. The molecule has 0 aliphatic carbocycles. The van der Waals surface area contributed by atoms with Gasteiger partial charge in [0.25, 0.3) is 0 Å². The van der Waals surface area contributed by atoms with Gasteiger partial charge in [0.15, 0.2) is 0 Å². The highest BCUT2D eigenvalue weighted by atomic mass is 32.1. The molecule has 0 unspecified atom stereocenters. The molecule has 0 aliphatic rings. The van der Waals surface area contributed by atoms with E-state index >= 15 is 0 Å². The second kappa shape index (κ2) is 9.43. The molecule has 3 heteroatoms. The summed E-state index contributed by atoms with van der Waals surface area (Å²) < 4.78 is 7.63. The Balaban J connectivity index is 1.40. The fraction of sp³-hybridized carbons (Fsp3) is 0. The minimum Gasteiger partial charge on any atom is -0.307 e. The monoisotopic (exact) mass is 590 g/mol. The molecule has 2 nitrogen and oxygen atoms in total. The lowest BCUT2D eigenvalue weighted by molar-refractivity contribution is 1.15. The first kappa shape index (κ1) is 24.8. The van der Waals surface area contributed by atoms with Crippen LogP contribution in [0, 0.1) is 0 Å². The average molecular weight is 591 g/mol. The Morgan fingerprint density at radius 2 is 0.911 bits per heavy atom. The molecule has 0 amide bonds. The van der Waals surface area contributed by atoms with Gasteiger partial charge in [0.2, 0.25) is 0 Å². The Hall–Kier alpha value is -5.64. The van der Waals surface area contributed by atoms with Crippen LogP contribution in [-0.2, 0) is 0 Å². The van der Waals surface area contributed by atoms with E-state index < -0.39 is 0 Å². The van der Waals surface area contributed by atoms with E-state index in [9.17, 15) is 0 Å². The number of rotatable bonds is 3. The number of fused-ring (bicyclic) bond motifs is 10. The van der Waals surface area contributed by atoms with E-state index in [1.54, 1.807) is 0 Å². The van der Waals surface area contributed by atoms with Crippen molar-refractivity contribution in [2.45, 2.75) is 0 Å². The van der Waals surface area contributed by atoms with Gasteiger partial charge in [0.05, 0.1) is 27.8 Å². The molecule has 0 radical (unpaired) electrons. The molecule has 0 bridgehead atoms. The molecule has 0 spiro atoms. The molecule has 0 fully saturated rings. The van der Waals surface area contributed by atoms with Gasteiger partial charge in [-0.25, -0.2) is 0 Å². The number of aromatic nitrogens is 2. The van der Waals surface area contributed by atoms with E-state index in [0.717, 1.165) is 5.69 Å². The van der Waals surface area contributed by atoms with Gasteiger partial charge in [0.1, 0.15) is 0 Å². The average Bonchev–Trinajstić information content (AvgIpc) is 3.76. The van der Waals surface area contributed by atoms with Crippen LogP contribution in [-0.4, -0.2) is 9.13 Å². The second-order valence-electron chi connectivity index (χ2n) is 11.7. The van der Waals surface area contributed by atoms with Crippen molar-refractivity contribution in [3.8, 4) is 22.5 Å². The lowest BCUT2D eigenvalue weighted by Crippen LogP contribution is -2.00. The van der Waals surface area contributed by atoms with Crippen molar-refractivity contribution in [3.63, 3.8) is 0 Å². The molecule has 45 heavy (non-hydrogen) atoms. The highest BCUT2D eigenvalue weighted by molar-refractivity contribution is 7.26. The molecule has 7 aromatic carbocycles. The van der Waals surface area contributed by atoms with E-state index in [-0.39, 0.29) is 0 Å². The molecule has 10 aromatic rings. The molecule has 10 rings (SSSR count). The van der Waals surface area contributed by atoms with Gasteiger partial charge in [-0.15, -0.1) is 11.3 Å². The first-order chi connectivity index (χ1) is 22.4. The zero-order valence-electron chi connectivity index (χ0n) is 24.3. The smallest absolute Gasteiger partial charge is 0.0789 e. The Bertz CT molecular complexity index is 2760. The maximum atomic E-state index is 2.52. The molecule has 3 aromatic heterocycles. The third-order valence-corrected chi connectivity index (χ3v) is 10.5. The minimum absolute atomic E-state index is 1.16. The normalized spacial score (nSPS) is 12.0. The molecule has 0 aliphatic heterocycles. The number of thiophene rings is 1. The van der Waals surface area contributed by atoms with E-state index in [2.05, 4.69) is 167 Å². The third-order valence-electron chi connectivity index (χ3n) is 9.32.